The van der Waals surface area contributed by atoms with Crippen molar-refractivity contribution in [3.05, 3.63) is 47.8 Å². The van der Waals surface area contributed by atoms with E-state index in [1.807, 2.05) is 18.5 Å². The summed E-state index contributed by atoms with van der Waals surface area (Å²) in [5, 5.41) is 0. The number of nitrogens with zero attached hydrogens (tertiary/aromatic N) is 5. The highest BCUT2D eigenvalue weighted by molar-refractivity contribution is 5.10. The molecule has 4 rings (SSSR count). The van der Waals surface area contributed by atoms with Crippen LogP contribution in [0.2, 0.25) is 0 Å². The summed E-state index contributed by atoms with van der Waals surface area (Å²) in [7, 11) is 2.13. The fourth-order valence-corrected chi connectivity index (χ4v) is 3.66. The maximum Gasteiger partial charge on any atom is 0.123 e. The van der Waals surface area contributed by atoms with Crippen LogP contribution >= 0.6 is 0 Å². The number of fused-ring (bicyclic) bond motifs is 1. The summed E-state index contributed by atoms with van der Waals surface area (Å²) in [6.45, 7) is 6.61. The lowest BCUT2D eigenvalue weighted by atomic mass is 10.2. The molecule has 4 heterocycles. The quantitative estimate of drug-likeness (QED) is 0.833. The molecule has 1 atom stereocenters. The maximum absolute atomic E-state index is 5.53. The van der Waals surface area contributed by atoms with E-state index in [-0.39, 0.29) is 0 Å². The van der Waals surface area contributed by atoms with E-state index in [9.17, 15) is 0 Å². The topological polar surface area (TPSA) is 46.4 Å². The standard InChI is InChI=1S/C18H25N5O/c1-21(10-15-3-2-5-19-9-15)11-16-12-23-7-6-22(13-18(23)20-16)17-4-8-24-14-17/h2-3,5,9,12,17H,4,6-8,10-11,13-14H2,1H3/t17-/m0/s1. The van der Waals surface area contributed by atoms with Crippen LogP contribution in [0.25, 0.3) is 0 Å². The van der Waals surface area contributed by atoms with Gasteiger partial charge in [-0.15, -0.1) is 0 Å². The van der Waals surface area contributed by atoms with Gasteiger partial charge in [0.25, 0.3) is 0 Å². The predicted molar refractivity (Wildman–Crippen MR) is 91.3 cm³/mol. The van der Waals surface area contributed by atoms with Gasteiger partial charge >= 0.3 is 0 Å². The molecule has 0 radical (unpaired) electrons. The Hall–Kier alpha value is -1.76. The third-order valence-corrected chi connectivity index (χ3v) is 4.91. The molecule has 0 amide bonds. The molecule has 0 spiro atoms. The molecule has 2 aliphatic heterocycles. The van der Waals surface area contributed by atoms with Gasteiger partial charge in [0.1, 0.15) is 5.82 Å². The smallest absolute Gasteiger partial charge is 0.123 e. The van der Waals surface area contributed by atoms with Gasteiger partial charge in [-0.25, -0.2) is 4.98 Å². The van der Waals surface area contributed by atoms with Crippen molar-refractivity contribution >= 4 is 0 Å². The van der Waals surface area contributed by atoms with E-state index >= 15 is 0 Å². The van der Waals surface area contributed by atoms with E-state index in [1.165, 1.54) is 11.4 Å². The predicted octanol–water partition coefficient (Wildman–Crippen LogP) is 1.51. The highest BCUT2D eigenvalue weighted by Crippen LogP contribution is 2.20. The molecule has 0 bridgehead atoms. The summed E-state index contributed by atoms with van der Waals surface area (Å²) >= 11 is 0. The minimum atomic E-state index is 0.576. The van der Waals surface area contributed by atoms with Gasteiger partial charge in [0.05, 0.1) is 18.8 Å². The molecule has 2 aliphatic rings. The fraction of sp³-hybridized carbons (Fsp3) is 0.556. The lowest BCUT2D eigenvalue weighted by Crippen LogP contribution is -2.41. The average Bonchev–Trinajstić information content (AvgIpc) is 3.24. The molecular weight excluding hydrogens is 302 g/mol. The highest BCUT2D eigenvalue weighted by Gasteiger charge is 2.27. The Bertz CT molecular complexity index is 665. The first-order valence-corrected chi connectivity index (χ1v) is 8.72. The Morgan fingerprint density at radius 3 is 3.08 bits per heavy atom. The SMILES string of the molecule is CN(Cc1cccnc1)Cc1cn2c(n1)CN([C@H]1CCOC1)CC2. The minimum absolute atomic E-state index is 0.576. The second-order valence-corrected chi connectivity index (χ2v) is 6.86. The van der Waals surface area contributed by atoms with E-state index in [0.717, 1.165) is 58.1 Å². The number of imidazole rings is 1. The number of hydrogen-bond donors (Lipinski definition) is 0. The summed E-state index contributed by atoms with van der Waals surface area (Å²) < 4.78 is 7.85. The number of ether oxygens (including phenoxy) is 1. The van der Waals surface area contributed by atoms with Crippen LogP contribution < -0.4 is 0 Å². The van der Waals surface area contributed by atoms with Crippen molar-refractivity contribution in [1.29, 1.82) is 0 Å². The summed E-state index contributed by atoms with van der Waals surface area (Å²) in [5.74, 6) is 1.19. The fourth-order valence-electron chi connectivity index (χ4n) is 3.66. The molecule has 0 aromatic carbocycles. The van der Waals surface area contributed by atoms with Crippen LogP contribution in [-0.4, -0.2) is 57.2 Å². The molecule has 24 heavy (non-hydrogen) atoms. The average molecular weight is 327 g/mol. The van der Waals surface area contributed by atoms with Gasteiger partial charge in [-0.3, -0.25) is 14.8 Å². The Kier molecular flexibility index (Phi) is 4.60. The summed E-state index contributed by atoms with van der Waals surface area (Å²) in [4.78, 5) is 13.9. The van der Waals surface area contributed by atoms with E-state index in [0.29, 0.717) is 6.04 Å². The van der Waals surface area contributed by atoms with Crippen molar-refractivity contribution in [3.63, 3.8) is 0 Å². The van der Waals surface area contributed by atoms with Crippen molar-refractivity contribution in [2.75, 3.05) is 26.8 Å². The van der Waals surface area contributed by atoms with Gasteiger partial charge in [-0.2, -0.15) is 0 Å². The molecule has 6 nitrogen and oxygen atoms in total. The molecule has 0 saturated carbocycles. The second kappa shape index (κ2) is 7.01. The Balaban J connectivity index is 1.37. The van der Waals surface area contributed by atoms with Crippen LogP contribution in [0.15, 0.2) is 30.7 Å². The monoisotopic (exact) mass is 327 g/mol. The van der Waals surface area contributed by atoms with Crippen molar-refractivity contribution < 1.29 is 4.74 Å². The van der Waals surface area contributed by atoms with E-state index in [4.69, 9.17) is 9.72 Å². The number of hydrogen-bond acceptors (Lipinski definition) is 5. The van der Waals surface area contributed by atoms with Gasteiger partial charge in [0.2, 0.25) is 0 Å². The Morgan fingerprint density at radius 2 is 2.29 bits per heavy atom. The maximum atomic E-state index is 5.53. The van der Waals surface area contributed by atoms with Gasteiger partial charge in [-0.05, 0) is 25.1 Å². The van der Waals surface area contributed by atoms with Gasteiger partial charge < -0.3 is 9.30 Å². The van der Waals surface area contributed by atoms with E-state index in [2.05, 4.69) is 38.7 Å². The van der Waals surface area contributed by atoms with Gasteiger partial charge in [-0.1, -0.05) is 6.07 Å². The molecule has 2 aromatic rings. The lowest BCUT2D eigenvalue weighted by molar-refractivity contribution is 0.121. The van der Waals surface area contributed by atoms with Crippen LogP contribution in [0.5, 0.6) is 0 Å². The molecule has 1 fully saturated rings. The third-order valence-electron chi connectivity index (χ3n) is 4.91. The van der Waals surface area contributed by atoms with Crippen LogP contribution in [0.4, 0.5) is 0 Å². The normalized spacial score (nSPS) is 21.3. The van der Waals surface area contributed by atoms with Crippen LogP contribution in [0, 0.1) is 0 Å². The summed E-state index contributed by atoms with van der Waals surface area (Å²) in [5.41, 5.74) is 2.39. The molecule has 128 valence electrons. The minimum Gasteiger partial charge on any atom is -0.380 e. The van der Waals surface area contributed by atoms with E-state index < -0.39 is 0 Å². The van der Waals surface area contributed by atoms with Crippen LogP contribution in [0.3, 0.4) is 0 Å². The number of rotatable bonds is 5. The zero-order valence-electron chi connectivity index (χ0n) is 14.3. The summed E-state index contributed by atoms with van der Waals surface area (Å²) in [6.07, 6.45) is 7.11. The third kappa shape index (κ3) is 3.50. The van der Waals surface area contributed by atoms with Crippen LogP contribution in [0.1, 0.15) is 23.5 Å². The largest absolute Gasteiger partial charge is 0.380 e. The molecule has 0 N–H and O–H groups in total. The first-order chi connectivity index (χ1) is 11.8. The molecule has 2 aromatic heterocycles. The van der Waals surface area contributed by atoms with Crippen molar-refractivity contribution in [2.24, 2.45) is 0 Å². The molecule has 1 saturated heterocycles. The van der Waals surface area contributed by atoms with Crippen molar-refractivity contribution in [1.82, 2.24) is 24.3 Å². The van der Waals surface area contributed by atoms with Gasteiger partial charge in [0, 0.05) is 57.4 Å². The first kappa shape index (κ1) is 15.7. The second-order valence-electron chi connectivity index (χ2n) is 6.86. The van der Waals surface area contributed by atoms with Crippen molar-refractivity contribution in [3.8, 4) is 0 Å². The van der Waals surface area contributed by atoms with Crippen molar-refractivity contribution in [2.45, 2.75) is 38.6 Å². The zero-order chi connectivity index (χ0) is 16.4. The van der Waals surface area contributed by atoms with Crippen LogP contribution in [-0.2, 0) is 30.9 Å². The molecule has 6 heteroatoms. The first-order valence-electron chi connectivity index (χ1n) is 8.72. The zero-order valence-corrected chi connectivity index (χ0v) is 14.3. The number of pyridine rings is 1. The lowest BCUT2D eigenvalue weighted by Gasteiger charge is -2.31. The number of aromatic nitrogens is 3. The Morgan fingerprint density at radius 1 is 1.33 bits per heavy atom. The molecule has 0 unspecified atom stereocenters. The Labute approximate surface area is 143 Å². The van der Waals surface area contributed by atoms with E-state index in [1.54, 1.807) is 0 Å². The summed E-state index contributed by atoms with van der Waals surface area (Å²) in [6, 6.07) is 4.68. The molecular formula is C18H25N5O. The van der Waals surface area contributed by atoms with Gasteiger partial charge in [0.15, 0.2) is 0 Å². The highest BCUT2D eigenvalue weighted by atomic mass is 16.5. The molecule has 0 aliphatic carbocycles.